The highest BCUT2D eigenvalue weighted by Crippen LogP contribution is 2.43. The van der Waals surface area contributed by atoms with Crippen LogP contribution < -0.4 is 0 Å². The van der Waals surface area contributed by atoms with Crippen molar-refractivity contribution in [2.75, 3.05) is 6.61 Å². The molecule has 1 N–H and O–H groups in total. The van der Waals surface area contributed by atoms with E-state index >= 15 is 0 Å². The van der Waals surface area contributed by atoms with Crippen molar-refractivity contribution >= 4 is 13.8 Å². The number of hydrogen-bond acceptors (Lipinski definition) is 4. The third-order valence-corrected chi connectivity index (χ3v) is 2.24. The number of phosphoric acid groups is 1. The summed E-state index contributed by atoms with van der Waals surface area (Å²) in [6, 6.07) is 0. The Hall–Kier alpha value is -0.380. The molecule has 0 amide bonds. The first kappa shape index (κ1) is 12.6. The van der Waals surface area contributed by atoms with Gasteiger partial charge in [0.25, 0.3) is 0 Å². The Morgan fingerprint density at radius 2 is 2.08 bits per heavy atom. The molecule has 1 unspecified atom stereocenters. The lowest BCUT2D eigenvalue weighted by Gasteiger charge is -2.09. The number of rotatable bonds is 6. The summed E-state index contributed by atoms with van der Waals surface area (Å²) < 4.78 is 19.5. The molecule has 6 heteroatoms. The largest absolute Gasteiger partial charge is 0.529 e. The molecule has 13 heavy (non-hydrogen) atoms. The van der Waals surface area contributed by atoms with Gasteiger partial charge in [0.05, 0.1) is 6.61 Å². The summed E-state index contributed by atoms with van der Waals surface area (Å²) in [6.45, 7) is 3.19. The van der Waals surface area contributed by atoms with Gasteiger partial charge in [0, 0.05) is 6.92 Å². The Balaban J connectivity index is 3.63. The lowest BCUT2D eigenvalue weighted by atomic mass is 10.3. The summed E-state index contributed by atoms with van der Waals surface area (Å²) in [4.78, 5) is 19.2. The second-order valence-corrected chi connectivity index (χ2v) is 3.97. The fourth-order valence-corrected chi connectivity index (χ4v) is 1.46. The van der Waals surface area contributed by atoms with E-state index in [4.69, 9.17) is 4.89 Å². The van der Waals surface area contributed by atoms with Crippen LogP contribution in [-0.4, -0.2) is 17.5 Å². The number of carbonyl (C=O) groups excluding carboxylic acids is 1. The van der Waals surface area contributed by atoms with Crippen LogP contribution in [0.3, 0.4) is 0 Å². The minimum absolute atomic E-state index is 0.134. The van der Waals surface area contributed by atoms with E-state index in [1.807, 2.05) is 6.92 Å². The lowest BCUT2D eigenvalue weighted by Crippen LogP contribution is -2.00. The molecule has 0 aliphatic rings. The first-order valence-electron chi connectivity index (χ1n) is 4.15. The second-order valence-electron chi connectivity index (χ2n) is 2.59. The Kier molecular flexibility index (Phi) is 5.95. The summed E-state index contributed by atoms with van der Waals surface area (Å²) >= 11 is 0. The van der Waals surface area contributed by atoms with Gasteiger partial charge in [-0.2, -0.15) is 0 Å². The van der Waals surface area contributed by atoms with Crippen LogP contribution >= 0.6 is 7.82 Å². The Labute approximate surface area is 77.7 Å². The molecule has 0 aromatic rings. The van der Waals surface area contributed by atoms with Gasteiger partial charge in [-0.15, -0.1) is 0 Å². The van der Waals surface area contributed by atoms with Gasteiger partial charge in [0.15, 0.2) is 0 Å². The van der Waals surface area contributed by atoms with Crippen molar-refractivity contribution in [2.24, 2.45) is 0 Å². The summed E-state index contributed by atoms with van der Waals surface area (Å²) in [6.07, 6.45) is 2.59. The molecular weight excluding hydrogens is 195 g/mol. The Morgan fingerprint density at radius 1 is 1.46 bits per heavy atom. The fourth-order valence-electron chi connectivity index (χ4n) is 0.721. The van der Waals surface area contributed by atoms with Crippen molar-refractivity contribution < 1.29 is 23.3 Å². The number of hydrogen-bond donors (Lipinski definition) is 1. The standard InChI is InChI=1S/C7H15O5P/c1-3-4-5-6-11-13(9,10)12-7(2)8/h3-6H2,1-2H3,(H,9,10). The molecular formula is C7H15O5P. The van der Waals surface area contributed by atoms with E-state index in [0.717, 1.165) is 19.8 Å². The van der Waals surface area contributed by atoms with Crippen LogP contribution in [0.5, 0.6) is 0 Å². The second kappa shape index (κ2) is 6.13. The molecule has 1 atom stereocenters. The van der Waals surface area contributed by atoms with Gasteiger partial charge >= 0.3 is 13.8 Å². The van der Waals surface area contributed by atoms with Gasteiger partial charge in [0.1, 0.15) is 0 Å². The molecule has 0 rings (SSSR count). The predicted molar refractivity (Wildman–Crippen MR) is 47.1 cm³/mol. The van der Waals surface area contributed by atoms with E-state index in [9.17, 15) is 9.36 Å². The van der Waals surface area contributed by atoms with Crippen molar-refractivity contribution in [3.8, 4) is 0 Å². The molecule has 0 aromatic carbocycles. The zero-order valence-electron chi connectivity index (χ0n) is 7.86. The maximum atomic E-state index is 10.9. The van der Waals surface area contributed by atoms with Crippen molar-refractivity contribution in [3.05, 3.63) is 0 Å². The predicted octanol–water partition coefficient (Wildman–Crippen LogP) is 1.86. The van der Waals surface area contributed by atoms with E-state index in [1.54, 1.807) is 0 Å². The third kappa shape index (κ3) is 7.96. The molecule has 0 aromatic heterocycles. The van der Waals surface area contributed by atoms with Crippen LogP contribution in [0.4, 0.5) is 0 Å². The molecule has 0 fully saturated rings. The molecule has 0 heterocycles. The maximum Gasteiger partial charge on any atom is 0.529 e. The first-order valence-corrected chi connectivity index (χ1v) is 5.65. The highest BCUT2D eigenvalue weighted by atomic mass is 31.2. The van der Waals surface area contributed by atoms with Crippen LogP contribution in [0.15, 0.2) is 0 Å². The maximum absolute atomic E-state index is 10.9. The van der Waals surface area contributed by atoms with Crippen molar-refractivity contribution in [2.45, 2.75) is 33.1 Å². The molecule has 0 aliphatic heterocycles. The zero-order valence-corrected chi connectivity index (χ0v) is 8.75. The van der Waals surface area contributed by atoms with E-state index < -0.39 is 13.8 Å². The number of unbranched alkanes of at least 4 members (excludes halogenated alkanes) is 2. The summed E-state index contributed by atoms with van der Waals surface area (Å²) in [5.74, 6) is -0.818. The van der Waals surface area contributed by atoms with E-state index in [1.165, 1.54) is 0 Å². The van der Waals surface area contributed by atoms with Gasteiger partial charge < -0.3 is 4.52 Å². The molecule has 0 aliphatic carbocycles. The molecule has 0 bridgehead atoms. The first-order chi connectivity index (χ1) is 5.98. The minimum atomic E-state index is -4.14. The number of carbonyl (C=O) groups is 1. The SMILES string of the molecule is CCCCCOP(=O)(O)OC(C)=O. The fraction of sp³-hybridized carbons (Fsp3) is 0.857. The van der Waals surface area contributed by atoms with Crippen LogP contribution in [-0.2, 0) is 18.4 Å². The zero-order chi connectivity index (χ0) is 10.3. The normalized spacial score (nSPS) is 15.0. The van der Waals surface area contributed by atoms with Crippen LogP contribution in [0.1, 0.15) is 33.1 Å². The molecule has 5 nitrogen and oxygen atoms in total. The van der Waals surface area contributed by atoms with Gasteiger partial charge in [-0.3, -0.25) is 14.2 Å². The van der Waals surface area contributed by atoms with Gasteiger partial charge in [0.2, 0.25) is 0 Å². The van der Waals surface area contributed by atoms with Crippen molar-refractivity contribution in [1.29, 1.82) is 0 Å². The van der Waals surface area contributed by atoms with E-state index in [2.05, 4.69) is 9.05 Å². The quantitative estimate of drug-likeness (QED) is 0.535. The average Bonchev–Trinajstić information content (AvgIpc) is 1.95. The van der Waals surface area contributed by atoms with Crippen LogP contribution in [0, 0.1) is 0 Å². The van der Waals surface area contributed by atoms with E-state index in [-0.39, 0.29) is 6.61 Å². The summed E-state index contributed by atoms with van der Waals surface area (Å²) in [5, 5.41) is 0. The Morgan fingerprint density at radius 3 is 2.54 bits per heavy atom. The van der Waals surface area contributed by atoms with Crippen LogP contribution in [0.25, 0.3) is 0 Å². The Bertz CT molecular complexity index is 203. The van der Waals surface area contributed by atoms with Gasteiger partial charge in [-0.25, -0.2) is 4.57 Å². The smallest absolute Gasteiger partial charge is 0.371 e. The van der Waals surface area contributed by atoms with E-state index in [0.29, 0.717) is 6.42 Å². The lowest BCUT2D eigenvalue weighted by molar-refractivity contribution is -0.133. The van der Waals surface area contributed by atoms with Crippen molar-refractivity contribution in [3.63, 3.8) is 0 Å². The summed E-state index contributed by atoms with van der Waals surface area (Å²) in [7, 11) is -4.14. The molecule has 0 radical (unpaired) electrons. The molecule has 78 valence electrons. The molecule has 0 saturated heterocycles. The van der Waals surface area contributed by atoms with Crippen LogP contribution in [0.2, 0.25) is 0 Å². The topological polar surface area (TPSA) is 72.8 Å². The summed E-state index contributed by atoms with van der Waals surface area (Å²) in [5.41, 5.74) is 0. The van der Waals surface area contributed by atoms with Crippen molar-refractivity contribution in [1.82, 2.24) is 0 Å². The monoisotopic (exact) mass is 210 g/mol. The minimum Gasteiger partial charge on any atom is -0.371 e. The van der Waals surface area contributed by atoms with Gasteiger partial charge in [-0.1, -0.05) is 19.8 Å². The third-order valence-electron chi connectivity index (χ3n) is 1.25. The molecule has 0 saturated carbocycles. The highest BCUT2D eigenvalue weighted by molar-refractivity contribution is 7.48. The average molecular weight is 210 g/mol. The van der Waals surface area contributed by atoms with Gasteiger partial charge in [-0.05, 0) is 6.42 Å². The molecule has 0 spiro atoms. The number of phosphoric ester groups is 1. The highest BCUT2D eigenvalue weighted by Gasteiger charge is 2.23.